The van der Waals surface area contributed by atoms with Gasteiger partial charge in [0.25, 0.3) is 0 Å². The summed E-state index contributed by atoms with van der Waals surface area (Å²) in [6.07, 6.45) is 1.75. The van der Waals surface area contributed by atoms with Crippen molar-refractivity contribution in [3.05, 3.63) is 84.1 Å². The topological polar surface area (TPSA) is 51.5 Å². The molecule has 0 saturated heterocycles. The van der Waals surface area contributed by atoms with Gasteiger partial charge < -0.3 is 14.5 Å². The molecule has 1 N–H and O–H groups in total. The lowest BCUT2D eigenvalue weighted by molar-refractivity contribution is -0.116. The van der Waals surface area contributed by atoms with Crippen LogP contribution in [0.15, 0.2) is 71.3 Å². The van der Waals surface area contributed by atoms with Crippen LogP contribution in [-0.4, -0.2) is 13.0 Å². The summed E-state index contributed by atoms with van der Waals surface area (Å²) in [5, 5.41) is 2.86. The van der Waals surface area contributed by atoms with Crippen molar-refractivity contribution in [2.75, 3.05) is 12.4 Å². The van der Waals surface area contributed by atoms with E-state index in [0.717, 1.165) is 11.3 Å². The minimum absolute atomic E-state index is 0.157. The molecule has 1 heterocycles. The van der Waals surface area contributed by atoms with Crippen LogP contribution in [0.5, 0.6) is 5.75 Å². The van der Waals surface area contributed by atoms with E-state index in [4.69, 9.17) is 9.15 Å². The first-order valence-electron chi connectivity index (χ1n) is 7.88. The normalized spacial score (nSPS) is 11.8. The number of hydrogen-bond acceptors (Lipinski definition) is 3. The van der Waals surface area contributed by atoms with Crippen LogP contribution in [0.3, 0.4) is 0 Å². The molecule has 128 valence electrons. The third-order valence-corrected chi connectivity index (χ3v) is 3.92. The molecule has 0 fully saturated rings. The molecule has 0 radical (unpaired) electrons. The van der Waals surface area contributed by atoms with E-state index >= 15 is 0 Å². The SMILES string of the molecule is COc1ccc(NC(=O)C[C@@H](c2ccc(F)cc2)c2ccco2)cc1. The summed E-state index contributed by atoms with van der Waals surface area (Å²) in [6, 6.07) is 16.8. The highest BCUT2D eigenvalue weighted by atomic mass is 19.1. The number of halogens is 1. The second kappa shape index (κ2) is 7.66. The maximum Gasteiger partial charge on any atom is 0.225 e. The molecular weight excluding hydrogens is 321 g/mol. The van der Waals surface area contributed by atoms with Gasteiger partial charge in [-0.05, 0) is 54.1 Å². The van der Waals surface area contributed by atoms with Crippen LogP contribution in [-0.2, 0) is 4.79 Å². The van der Waals surface area contributed by atoms with Gasteiger partial charge in [0, 0.05) is 12.1 Å². The Bertz CT molecular complexity index is 811. The molecule has 0 aliphatic heterocycles. The average molecular weight is 339 g/mol. The van der Waals surface area contributed by atoms with Crippen molar-refractivity contribution in [1.29, 1.82) is 0 Å². The molecule has 0 bridgehead atoms. The predicted octanol–water partition coefficient (Wildman–Crippen LogP) is 4.59. The van der Waals surface area contributed by atoms with Crippen molar-refractivity contribution in [3.8, 4) is 5.75 Å². The second-order valence-corrected chi connectivity index (χ2v) is 5.60. The van der Waals surface area contributed by atoms with E-state index in [0.29, 0.717) is 11.4 Å². The summed E-state index contributed by atoms with van der Waals surface area (Å²) >= 11 is 0. The Morgan fingerprint density at radius 1 is 1.12 bits per heavy atom. The number of amides is 1. The lowest BCUT2D eigenvalue weighted by Crippen LogP contribution is -2.16. The molecule has 3 rings (SSSR count). The van der Waals surface area contributed by atoms with Crippen molar-refractivity contribution in [1.82, 2.24) is 0 Å². The smallest absolute Gasteiger partial charge is 0.225 e. The first-order valence-corrected chi connectivity index (χ1v) is 7.88. The molecule has 25 heavy (non-hydrogen) atoms. The highest BCUT2D eigenvalue weighted by Crippen LogP contribution is 2.29. The second-order valence-electron chi connectivity index (χ2n) is 5.60. The molecular formula is C20H18FNO3. The summed E-state index contributed by atoms with van der Waals surface area (Å²) in [4.78, 5) is 12.5. The predicted molar refractivity (Wildman–Crippen MR) is 93.2 cm³/mol. The zero-order valence-electron chi connectivity index (χ0n) is 13.7. The summed E-state index contributed by atoms with van der Waals surface area (Å²) in [7, 11) is 1.59. The number of carbonyl (C=O) groups is 1. The molecule has 1 aromatic heterocycles. The largest absolute Gasteiger partial charge is 0.497 e. The summed E-state index contributed by atoms with van der Waals surface area (Å²) in [5.74, 6) is 0.628. The van der Waals surface area contributed by atoms with E-state index < -0.39 is 0 Å². The molecule has 0 spiro atoms. The number of furan rings is 1. The standard InChI is InChI=1S/C20H18FNO3/c1-24-17-10-8-16(9-11-17)22-20(23)13-18(19-3-2-12-25-19)14-4-6-15(21)7-5-14/h2-12,18H,13H2,1H3,(H,22,23)/t18-/m0/s1. The third-order valence-electron chi connectivity index (χ3n) is 3.92. The Balaban J connectivity index is 1.75. The first kappa shape index (κ1) is 16.8. The van der Waals surface area contributed by atoms with Crippen molar-refractivity contribution >= 4 is 11.6 Å². The van der Waals surface area contributed by atoms with Gasteiger partial charge in [0.05, 0.1) is 19.3 Å². The lowest BCUT2D eigenvalue weighted by atomic mass is 9.93. The van der Waals surface area contributed by atoms with E-state index in [1.54, 1.807) is 55.8 Å². The van der Waals surface area contributed by atoms with E-state index in [2.05, 4.69) is 5.32 Å². The molecule has 0 saturated carbocycles. The summed E-state index contributed by atoms with van der Waals surface area (Å²) in [6.45, 7) is 0. The Morgan fingerprint density at radius 3 is 2.44 bits per heavy atom. The van der Waals surface area contributed by atoms with Gasteiger partial charge in [0.2, 0.25) is 5.91 Å². The number of rotatable bonds is 6. The number of nitrogens with one attached hydrogen (secondary N) is 1. The Morgan fingerprint density at radius 2 is 1.84 bits per heavy atom. The van der Waals surface area contributed by atoms with Crippen LogP contribution in [0.4, 0.5) is 10.1 Å². The number of carbonyl (C=O) groups excluding carboxylic acids is 1. The zero-order chi connectivity index (χ0) is 17.6. The highest BCUT2D eigenvalue weighted by molar-refractivity contribution is 5.91. The fourth-order valence-corrected chi connectivity index (χ4v) is 2.64. The fraction of sp³-hybridized carbons (Fsp3) is 0.150. The van der Waals surface area contributed by atoms with Gasteiger partial charge >= 0.3 is 0 Å². The minimum atomic E-state index is -0.315. The third kappa shape index (κ3) is 4.26. The number of anilines is 1. The Kier molecular flexibility index (Phi) is 5.14. The van der Waals surface area contributed by atoms with Crippen LogP contribution < -0.4 is 10.1 Å². The fourth-order valence-electron chi connectivity index (χ4n) is 2.64. The van der Waals surface area contributed by atoms with Crippen LogP contribution in [0, 0.1) is 5.82 Å². The molecule has 1 atom stereocenters. The van der Waals surface area contributed by atoms with Gasteiger partial charge in [0.15, 0.2) is 0 Å². The molecule has 3 aromatic rings. The number of hydrogen-bond donors (Lipinski definition) is 1. The average Bonchev–Trinajstić information content (AvgIpc) is 3.15. The van der Waals surface area contributed by atoms with Gasteiger partial charge in [0.1, 0.15) is 17.3 Å². The maximum atomic E-state index is 13.2. The van der Waals surface area contributed by atoms with E-state index in [9.17, 15) is 9.18 Å². The maximum absolute atomic E-state index is 13.2. The first-order chi connectivity index (χ1) is 12.2. The van der Waals surface area contributed by atoms with Crippen molar-refractivity contribution in [3.63, 3.8) is 0 Å². The molecule has 5 heteroatoms. The molecule has 4 nitrogen and oxygen atoms in total. The zero-order valence-corrected chi connectivity index (χ0v) is 13.7. The minimum Gasteiger partial charge on any atom is -0.497 e. The summed E-state index contributed by atoms with van der Waals surface area (Å²) < 4.78 is 23.8. The number of methoxy groups -OCH3 is 1. The molecule has 0 unspecified atom stereocenters. The van der Waals surface area contributed by atoms with Crippen LogP contribution in [0.25, 0.3) is 0 Å². The van der Waals surface area contributed by atoms with E-state index in [-0.39, 0.29) is 24.1 Å². The lowest BCUT2D eigenvalue weighted by Gasteiger charge is -2.15. The van der Waals surface area contributed by atoms with Crippen molar-refractivity contribution < 1.29 is 18.3 Å². The highest BCUT2D eigenvalue weighted by Gasteiger charge is 2.21. The molecule has 1 amide bonds. The van der Waals surface area contributed by atoms with Gasteiger partial charge in [-0.2, -0.15) is 0 Å². The molecule has 2 aromatic carbocycles. The number of benzene rings is 2. The monoisotopic (exact) mass is 339 g/mol. The molecule has 0 aliphatic carbocycles. The number of ether oxygens (including phenoxy) is 1. The van der Waals surface area contributed by atoms with Crippen LogP contribution in [0.1, 0.15) is 23.7 Å². The van der Waals surface area contributed by atoms with Crippen LogP contribution in [0.2, 0.25) is 0 Å². The van der Waals surface area contributed by atoms with E-state index in [1.807, 2.05) is 6.07 Å². The Labute approximate surface area is 145 Å². The van der Waals surface area contributed by atoms with E-state index in [1.165, 1.54) is 12.1 Å². The molecule has 0 aliphatic rings. The quantitative estimate of drug-likeness (QED) is 0.715. The van der Waals surface area contributed by atoms with Gasteiger partial charge in [-0.3, -0.25) is 4.79 Å². The van der Waals surface area contributed by atoms with Crippen LogP contribution >= 0.6 is 0 Å². The van der Waals surface area contributed by atoms with Crippen molar-refractivity contribution in [2.45, 2.75) is 12.3 Å². The van der Waals surface area contributed by atoms with Gasteiger partial charge in [-0.1, -0.05) is 12.1 Å². The van der Waals surface area contributed by atoms with Crippen molar-refractivity contribution in [2.24, 2.45) is 0 Å². The van der Waals surface area contributed by atoms with Gasteiger partial charge in [-0.25, -0.2) is 4.39 Å². The van der Waals surface area contributed by atoms with Gasteiger partial charge in [-0.15, -0.1) is 0 Å². The summed E-state index contributed by atoms with van der Waals surface area (Å²) in [5.41, 5.74) is 1.50. The Hall–Kier alpha value is -3.08.